The van der Waals surface area contributed by atoms with Crippen molar-refractivity contribution in [3.8, 4) is 0 Å². The molecule has 1 aliphatic rings. The number of aromatic nitrogens is 2. The molecule has 0 N–H and O–H groups in total. The zero-order valence-corrected chi connectivity index (χ0v) is 14.2. The van der Waals surface area contributed by atoms with E-state index < -0.39 is 0 Å². The molecule has 3 rings (SSSR count). The van der Waals surface area contributed by atoms with Gasteiger partial charge in [-0.2, -0.15) is 5.10 Å². The SMILES string of the molecule is CCn1cc([C@@H]2CN(Cc3ccc(C(=O)OC)s3)CCO2)cn1. The third-order valence-corrected chi connectivity index (χ3v) is 4.98. The molecule has 1 atom stereocenters. The van der Waals surface area contributed by atoms with E-state index in [4.69, 9.17) is 9.47 Å². The van der Waals surface area contributed by atoms with Crippen molar-refractivity contribution in [1.82, 2.24) is 14.7 Å². The lowest BCUT2D eigenvalue weighted by molar-refractivity contribution is -0.0326. The summed E-state index contributed by atoms with van der Waals surface area (Å²) in [6.45, 7) is 6.19. The Kier molecular flexibility index (Phi) is 5.09. The fourth-order valence-electron chi connectivity index (χ4n) is 2.66. The van der Waals surface area contributed by atoms with E-state index in [0.717, 1.165) is 36.6 Å². The summed E-state index contributed by atoms with van der Waals surface area (Å²) in [4.78, 5) is 15.7. The van der Waals surface area contributed by atoms with Crippen molar-refractivity contribution in [1.29, 1.82) is 0 Å². The van der Waals surface area contributed by atoms with Crippen LogP contribution in [0.2, 0.25) is 0 Å². The number of carbonyl (C=O) groups is 1. The number of esters is 1. The van der Waals surface area contributed by atoms with E-state index in [1.54, 1.807) is 0 Å². The molecule has 2 aromatic heterocycles. The molecule has 0 aliphatic carbocycles. The van der Waals surface area contributed by atoms with Crippen molar-refractivity contribution in [3.63, 3.8) is 0 Å². The van der Waals surface area contributed by atoms with E-state index in [-0.39, 0.29) is 12.1 Å². The first-order chi connectivity index (χ1) is 11.2. The minimum Gasteiger partial charge on any atom is -0.465 e. The van der Waals surface area contributed by atoms with Crippen molar-refractivity contribution < 1.29 is 14.3 Å². The molecule has 1 saturated heterocycles. The number of morpholine rings is 1. The monoisotopic (exact) mass is 335 g/mol. The molecule has 2 aromatic rings. The number of methoxy groups -OCH3 is 1. The maximum atomic E-state index is 11.5. The molecule has 0 amide bonds. The molecule has 6 nitrogen and oxygen atoms in total. The lowest BCUT2D eigenvalue weighted by atomic mass is 10.1. The van der Waals surface area contributed by atoms with Crippen LogP contribution in [0, 0.1) is 0 Å². The second kappa shape index (κ2) is 7.25. The van der Waals surface area contributed by atoms with Crippen LogP contribution in [-0.2, 0) is 22.6 Å². The van der Waals surface area contributed by atoms with E-state index in [2.05, 4.69) is 23.1 Å². The average molecular weight is 335 g/mol. The van der Waals surface area contributed by atoms with Gasteiger partial charge >= 0.3 is 5.97 Å². The van der Waals surface area contributed by atoms with E-state index in [9.17, 15) is 4.79 Å². The Bertz CT molecular complexity index is 667. The van der Waals surface area contributed by atoms with Crippen LogP contribution < -0.4 is 0 Å². The van der Waals surface area contributed by atoms with Crippen molar-refractivity contribution in [2.24, 2.45) is 0 Å². The fraction of sp³-hybridized carbons (Fsp3) is 0.500. The van der Waals surface area contributed by atoms with E-state index >= 15 is 0 Å². The maximum absolute atomic E-state index is 11.5. The van der Waals surface area contributed by atoms with Crippen molar-refractivity contribution in [2.75, 3.05) is 26.8 Å². The first-order valence-electron chi connectivity index (χ1n) is 7.73. The van der Waals surface area contributed by atoms with Gasteiger partial charge in [-0.05, 0) is 19.1 Å². The lowest BCUT2D eigenvalue weighted by Crippen LogP contribution is -2.37. The number of nitrogens with zero attached hydrogens (tertiary/aromatic N) is 3. The quantitative estimate of drug-likeness (QED) is 0.785. The number of rotatable bonds is 5. The topological polar surface area (TPSA) is 56.6 Å². The summed E-state index contributed by atoms with van der Waals surface area (Å²) in [5, 5.41) is 4.32. The first-order valence-corrected chi connectivity index (χ1v) is 8.54. The van der Waals surface area contributed by atoms with Gasteiger partial charge in [-0.25, -0.2) is 4.79 Å². The van der Waals surface area contributed by atoms with Crippen molar-refractivity contribution >= 4 is 17.3 Å². The number of carbonyl (C=O) groups excluding carboxylic acids is 1. The number of hydrogen-bond donors (Lipinski definition) is 0. The van der Waals surface area contributed by atoms with E-state index in [0.29, 0.717) is 11.5 Å². The zero-order valence-electron chi connectivity index (χ0n) is 13.4. The van der Waals surface area contributed by atoms with Crippen LogP contribution >= 0.6 is 11.3 Å². The van der Waals surface area contributed by atoms with Crippen LogP contribution in [0.5, 0.6) is 0 Å². The standard InChI is InChI=1S/C16H21N3O3S/c1-3-19-9-12(8-17-19)14-11-18(6-7-22-14)10-13-4-5-15(23-13)16(20)21-2/h4-5,8-9,14H,3,6-7,10-11H2,1-2H3/t14-/m0/s1. The Hall–Kier alpha value is -1.70. The lowest BCUT2D eigenvalue weighted by Gasteiger charge is -2.32. The molecule has 7 heteroatoms. The average Bonchev–Trinajstić information content (AvgIpc) is 3.23. The zero-order chi connectivity index (χ0) is 16.2. The third kappa shape index (κ3) is 3.80. The molecule has 1 fully saturated rings. The molecule has 3 heterocycles. The summed E-state index contributed by atoms with van der Waals surface area (Å²) < 4.78 is 12.6. The highest BCUT2D eigenvalue weighted by molar-refractivity contribution is 7.13. The summed E-state index contributed by atoms with van der Waals surface area (Å²) in [6.07, 6.45) is 4.00. The van der Waals surface area contributed by atoms with Gasteiger partial charge in [0, 0.05) is 42.8 Å². The molecular formula is C16H21N3O3S. The van der Waals surface area contributed by atoms with Gasteiger partial charge in [-0.1, -0.05) is 0 Å². The molecule has 0 saturated carbocycles. The highest BCUT2D eigenvalue weighted by Gasteiger charge is 2.23. The van der Waals surface area contributed by atoms with Crippen molar-refractivity contribution in [3.05, 3.63) is 39.8 Å². The van der Waals surface area contributed by atoms with Crippen LogP contribution in [0.15, 0.2) is 24.5 Å². The predicted octanol–water partition coefficient (Wildman–Crippen LogP) is 2.32. The Labute approximate surface area is 139 Å². The first kappa shape index (κ1) is 16.2. The summed E-state index contributed by atoms with van der Waals surface area (Å²) in [6, 6.07) is 3.82. The fourth-order valence-corrected chi connectivity index (χ4v) is 3.63. The summed E-state index contributed by atoms with van der Waals surface area (Å²) >= 11 is 1.49. The highest BCUT2D eigenvalue weighted by atomic mass is 32.1. The van der Waals surface area contributed by atoms with Gasteiger partial charge in [-0.3, -0.25) is 9.58 Å². The summed E-state index contributed by atoms with van der Waals surface area (Å²) in [5.74, 6) is -0.270. The second-order valence-corrected chi connectivity index (χ2v) is 6.65. The molecule has 23 heavy (non-hydrogen) atoms. The molecule has 0 bridgehead atoms. The molecule has 1 aliphatic heterocycles. The Morgan fingerprint density at radius 2 is 2.39 bits per heavy atom. The molecule has 0 aromatic carbocycles. The molecule has 0 radical (unpaired) electrons. The van der Waals surface area contributed by atoms with Gasteiger partial charge in [0.25, 0.3) is 0 Å². The Morgan fingerprint density at radius 1 is 1.52 bits per heavy atom. The minimum atomic E-state index is -0.270. The number of aryl methyl sites for hydroxylation is 1. The third-order valence-electron chi connectivity index (χ3n) is 3.93. The van der Waals surface area contributed by atoms with E-state index in [1.165, 1.54) is 18.4 Å². The van der Waals surface area contributed by atoms with E-state index in [1.807, 2.05) is 23.0 Å². The largest absolute Gasteiger partial charge is 0.465 e. The van der Waals surface area contributed by atoms with Gasteiger partial charge < -0.3 is 9.47 Å². The van der Waals surface area contributed by atoms with Gasteiger partial charge in [0.05, 0.1) is 26.0 Å². The van der Waals surface area contributed by atoms with Crippen LogP contribution in [0.3, 0.4) is 0 Å². The van der Waals surface area contributed by atoms with Gasteiger partial charge in [0.2, 0.25) is 0 Å². The summed E-state index contributed by atoms with van der Waals surface area (Å²) in [7, 11) is 1.41. The Balaban J connectivity index is 1.62. The normalized spacial score (nSPS) is 19.0. The van der Waals surface area contributed by atoms with Gasteiger partial charge in [0.15, 0.2) is 0 Å². The smallest absolute Gasteiger partial charge is 0.348 e. The molecule has 124 valence electrons. The molecular weight excluding hydrogens is 314 g/mol. The number of hydrogen-bond acceptors (Lipinski definition) is 6. The highest BCUT2D eigenvalue weighted by Crippen LogP contribution is 2.25. The molecule has 0 unspecified atom stereocenters. The molecule has 0 spiro atoms. The second-order valence-electron chi connectivity index (χ2n) is 5.48. The van der Waals surface area contributed by atoms with Crippen LogP contribution in [0.1, 0.15) is 33.1 Å². The van der Waals surface area contributed by atoms with Gasteiger partial charge in [-0.15, -0.1) is 11.3 Å². The number of thiophene rings is 1. The number of ether oxygens (including phenoxy) is 2. The van der Waals surface area contributed by atoms with Crippen LogP contribution in [0.25, 0.3) is 0 Å². The minimum absolute atomic E-state index is 0.0593. The van der Waals surface area contributed by atoms with Crippen LogP contribution in [-0.4, -0.2) is 47.5 Å². The Morgan fingerprint density at radius 3 is 3.13 bits per heavy atom. The maximum Gasteiger partial charge on any atom is 0.348 e. The van der Waals surface area contributed by atoms with Crippen LogP contribution in [0.4, 0.5) is 0 Å². The predicted molar refractivity (Wildman–Crippen MR) is 87.5 cm³/mol. The van der Waals surface area contributed by atoms with Gasteiger partial charge in [0.1, 0.15) is 4.88 Å². The van der Waals surface area contributed by atoms with Crippen molar-refractivity contribution in [2.45, 2.75) is 26.1 Å². The summed E-state index contributed by atoms with van der Waals surface area (Å²) in [5.41, 5.74) is 1.12.